The second-order valence-electron chi connectivity index (χ2n) is 6.16. The van der Waals surface area contributed by atoms with Crippen LogP contribution in [-0.2, 0) is 16.0 Å². The van der Waals surface area contributed by atoms with Crippen molar-refractivity contribution >= 4 is 50.8 Å². The Morgan fingerprint density at radius 2 is 1.86 bits per heavy atom. The van der Waals surface area contributed by atoms with E-state index in [4.69, 9.17) is 0 Å². The fraction of sp³-hybridized carbons (Fsp3) is 0.150. The van der Waals surface area contributed by atoms with Crippen molar-refractivity contribution in [3.63, 3.8) is 0 Å². The molecule has 1 saturated heterocycles. The molecule has 0 bridgehead atoms. The van der Waals surface area contributed by atoms with Crippen LogP contribution in [0.3, 0.4) is 0 Å². The number of carbonyl (C=O) groups excluding carboxylic acids is 3. The molecule has 1 fully saturated rings. The normalized spacial score (nSPS) is 15.3. The van der Waals surface area contributed by atoms with Crippen molar-refractivity contribution in [3.8, 4) is 0 Å². The molecule has 5 nitrogen and oxygen atoms in total. The summed E-state index contributed by atoms with van der Waals surface area (Å²) in [6.45, 7) is 0.132. The highest BCUT2D eigenvalue weighted by Gasteiger charge is 2.34. The van der Waals surface area contributed by atoms with Gasteiger partial charge in [0.2, 0.25) is 5.91 Å². The lowest BCUT2D eigenvalue weighted by molar-refractivity contribution is -0.124. The van der Waals surface area contributed by atoms with E-state index in [1.54, 1.807) is 0 Å². The molecule has 0 unspecified atom stereocenters. The topological polar surface area (TPSA) is 66.5 Å². The number of carbonyl (C=O) groups is 3. The van der Waals surface area contributed by atoms with Crippen LogP contribution < -0.4 is 5.32 Å². The molecule has 3 rings (SSSR count). The van der Waals surface area contributed by atoms with E-state index in [9.17, 15) is 23.2 Å². The van der Waals surface area contributed by atoms with E-state index < -0.39 is 17.0 Å². The summed E-state index contributed by atoms with van der Waals surface area (Å²) < 4.78 is 26.5. The van der Waals surface area contributed by atoms with Crippen LogP contribution in [0, 0.1) is 11.6 Å². The summed E-state index contributed by atoms with van der Waals surface area (Å²) >= 11 is 3.86. The molecular formula is C20H15BrF2N2O3S. The fourth-order valence-corrected chi connectivity index (χ4v) is 3.90. The molecule has 2 aromatic carbocycles. The smallest absolute Gasteiger partial charge is 0.293 e. The second kappa shape index (κ2) is 9.32. The first kappa shape index (κ1) is 21.2. The van der Waals surface area contributed by atoms with E-state index in [-0.39, 0.29) is 40.6 Å². The van der Waals surface area contributed by atoms with Crippen LogP contribution in [0.15, 0.2) is 51.8 Å². The third-order valence-electron chi connectivity index (χ3n) is 4.05. The molecule has 9 heteroatoms. The molecule has 1 heterocycles. The number of thioether (sulfide) groups is 1. The molecule has 0 aliphatic carbocycles. The van der Waals surface area contributed by atoms with Crippen LogP contribution in [0.2, 0.25) is 0 Å². The van der Waals surface area contributed by atoms with Gasteiger partial charge in [0.15, 0.2) is 0 Å². The summed E-state index contributed by atoms with van der Waals surface area (Å²) in [5.41, 5.74) is 1.24. The fourth-order valence-electron chi connectivity index (χ4n) is 2.61. The first-order valence-electron chi connectivity index (χ1n) is 8.55. The molecule has 29 heavy (non-hydrogen) atoms. The van der Waals surface area contributed by atoms with Crippen molar-refractivity contribution in [1.82, 2.24) is 10.2 Å². The maximum Gasteiger partial charge on any atom is 0.293 e. The van der Waals surface area contributed by atoms with E-state index in [0.29, 0.717) is 11.1 Å². The number of imide groups is 1. The zero-order valence-electron chi connectivity index (χ0n) is 15.0. The number of nitrogens with zero attached hydrogens (tertiary/aromatic N) is 1. The minimum Gasteiger partial charge on any atom is -0.354 e. The van der Waals surface area contributed by atoms with Crippen molar-refractivity contribution in [2.45, 2.75) is 6.42 Å². The first-order valence-corrected chi connectivity index (χ1v) is 10.2. The maximum absolute atomic E-state index is 13.2. The van der Waals surface area contributed by atoms with Crippen molar-refractivity contribution in [2.75, 3.05) is 13.1 Å². The van der Waals surface area contributed by atoms with E-state index in [0.717, 1.165) is 16.7 Å². The van der Waals surface area contributed by atoms with Crippen LogP contribution in [0.25, 0.3) is 6.08 Å². The van der Waals surface area contributed by atoms with Gasteiger partial charge < -0.3 is 5.32 Å². The van der Waals surface area contributed by atoms with Gasteiger partial charge in [0.05, 0.1) is 15.8 Å². The highest BCUT2D eigenvalue weighted by molar-refractivity contribution is 9.10. The Labute approximate surface area is 178 Å². The first-order chi connectivity index (χ1) is 13.8. The number of amides is 3. The highest BCUT2D eigenvalue weighted by atomic mass is 79.9. The Morgan fingerprint density at radius 3 is 2.55 bits per heavy atom. The second-order valence-corrected chi connectivity index (χ2v) is 8.01. The molecule has 150 valence electrons. The van der Waals surface area contributed by atoms with Gasteiger partial charge >= 0.3 is 0 Å². The SMILES string of the molecule is O=C(Cc1ccc(F)c(Br)c1)NCCN1C(=O)SC(=Cc2ccc(F)cc2)C1=O. The standard InChI is InChI=1S/C20H15BrF2N2O3S/c21-15-9-13(3-6-16(15)23)11-18(26)24-7-8-25-19(27)17(29-20(25)28)10-12-1-4-14(22)5-2-12/h1-6,9-10H,7-8,11H2,(H,24,26). The molecule has 0 radical (unpaired) electrons. The predicted molar refractivity (Wildman–Crippen MR) is 110 cm³/mol. The van der Waals surface area contributed by atoms with Gasteiger partial charge in [-0.2, -0.15) is 0 Å². The number of nitrogens with one attached hydrogen (secondary N) is 1. The predicted octanol–water partition coefficient (Wildman–Crippen LogP) is 4.12. The summed E-state index contributed by atoms with van der Waals surface area (Å²) in [6, 6.07) is 9.85. The van der Waals surface area contributed by atoms with Gasteiger partial charge in [0.25, 0.3) is 11.1 Å². The minimum atomic E-state index is -0.457. The average Bonchev–Trinajstić information content (AvgIpc) is 2.94. The lowest BCUT2D eigenvalue weighted by Gasteiger charge is -2.13. The summed E-state index contributed by atoms with van der Waals surface area (Å²) in [5.74, 6) is -1.57. The van der Waals surface area contributed by atoms with Gasteiger partial charge in [0, 0.05) is 13.1 Å². The molecule has 0 saturated carbocycles. The van der Waals surface area contributed by atoms with Crippen LogP contribution >= 0.6 is 27.7 Å². The van der Waals surface area contributed by atoms with Gasteiger partial charge in [-0.1, -0.05) is 18.2 Å². The zero-order chi connectivity index (χ0) is 21.0. The van der Waals surface area contributed by atoms with Crippen molar-refractivity contribution in [3.05, 3.63) is 74.6 Å². The van der Waals surface area contributed by atoms with E-state index >= 15 is 0 Å². The maximum atomic E-state index is 13.2. The van der Waals surface area contributed by atoms with Crippen molar-refractivity contribution < 1.29 is 23.2 Å². The Morgan fingerprint density at radius 1 is 1.14 bits per heavy atom. The average molecular weight is 481 g/mol. The third kappa shape index (κ3) is 5.51. The Bertz CT molecular complexity index is 996. The van der Waals surface area contributed by atoms with Crippen LogP contribution in [-0.4, -0.2) is 35.0 Å². The number of hydrogen-bond donors (Lipinski definition) is 1. The summed E-state index contributed by atoms with van der Waals surface area (Å²) in [7, 11) is 0. The van der Waals surface area contributed by atoms with Crippen molar-refractivity contribution in [1.29, 1.82) is 0 Å². The molecule has 0 aromatic heterocycles. The molecule has 1 N–H and O–H groups in total. The van der Waals surface area contributed by atoms with Crippen molar-refractivity contribution in [2.24, 2.45) is 0 Å². The monoisotopic (exact) mass is 480 g/mol. The number of rotatable bonds is 6. The lowest BCUT2D eigenvalue weighted by Crippen LogP contribution is -2.37. The van der Waals surface area contributed by atoms with Gasteiger partial charge in [-0.3, -0.25) is 19.3 Å². The van der Waals surface area contributed by atoms with Crippen LogP contribution in [0.4, 0.5) is 13.6 Å². The molecule has 3 amide bonds. The van der Waals surface area contributed by atoms with Gasteiger partial charge in [-0.05, 0) is 69.2 Å². The summed E-state index contributed by atoms with van der Waals surface area (Å²) in [5, 5.41) is 2.21. The van der Waals surface area contributed by atoms with E-state index in [1.807, 2.05) is 0 Å². The molecule has 1 aliphatic heterocycles. The molecular weight excluding hydrogens is 466 g/mol. The summed E-state index contributed by atoms with van der Waals surface area (Å²) in [4.78, 5) is 37.8. The van der Waals surface area contributed by atoms with Gasteiger partial charge in [-0.15, -0.1) is 0 Å². The highest BCUT2D eigenvalue weighted by Crippen LogP contribution is 2.31. The van der Waals surface area contributed by atoms with Gasteiger partial charge in [-0.25, -0.2) is 8.78 Å². The summed E-state index contributed by atoms with van der Waals surface area (Å²) in [6.07, 6.45) is 1.57. The van der Waals surface area contributed by atoms with Crippen LogP contribution in [0.1, 0.15) is 11.1 Å². The molecule has 2 aromatic rings. The number of halogens is 3. The number of benzene rings is 2. The van der Waals surface area contributed by atoms with E-state index in [1.165, 1.54) is 48.5 Å². The third-order valence-corrected chi connectivity index (χ3v) is 5.56. The van der Waals surface area contributed by atoms with Crippen LogP contribution in [0.5, 0.6) is 0 Å². The zero-order valence-corrected chi connectivity index (χ0v) is 17.4. The lowest BCUT2D eigenvalue weighted by atomic mass is 10.1. The minimum absolute atomic E-state index is 0.0320. The number of hydrogen-bond acceptors (Lipinski definition) is 4. The van der Waals surface area contributed by atoms with Gasteiger partial charge in [0.1, 0.15) is 11.6 Å². The Kier molecular flexibility index (Phi) is 6.81. The largest absolute Gasteiger partial charge is 0.354 e. The molecule has 0 spiro atoms. The molecule has 0 atom stereocenters. The Balaban J connectivity index is 1.53. The quantitative estimate of drug-likeness (QED) is 0.631. The Hall–Kier alpha value is -2.52. The molecule has 1 aliphatic rings. The van der Waals surface area contributed by atoms with E-state index in [2.05, 4.69) is 21.2 Å².